The molecule has 0 radical (unpaired) electrons. The smallest absolute Gasteiger partial charge is 0.414 e. The van der Waals surface area contributed by atoms with Crippen LogP contribution in [0.5, 0.6) is 5.75 Å². The molecule has 144 valence electrons. The topological polar surface area (TPSA) is 63.2 Å². The molecule has 1 unspecified atom stereocenters. The van der Waals surface area contributed by atoms with Gasteiger partial charge in [-0.15, -0.1) is 0 Å². The number of nitrogens with one attached hydrogen (secondary N) is 1. The maximum Gasteiger partial charge on any atom is 0.414 e. The lowest BCUT2D eigenvalue weighted by atomic mass is 9.96. The van der Waals surface area contributed by atoms with Crippen molar-refractivity contribution in [2.45, 2.75) is 19.0 Å². The van der Waals surface area contributed by atoms with Crippen LogP contribution in [0.25, 0.3) is 5.57 Å². The summed E-state index contributed by atoms with van der Waals surface area (Å²) in [5.41, 5.74) is 4.03. The number of aliphatic imine (C=N–C) groups is 1. The second kappa shape index (κ2) is 8.17. The van der Waals surface area contributed by atoms with E-state index in [0.717, 1.165) is 35.5 Å². The minimum Gasteiger partial charge on any atom is -0.493 e. The largest absolute Gasteiger partial charge is 0.493 e. The minimum atomic E-state index is -0.392. The summed E-state index contributed by atoms with van der Waals surface area (Å²) in [6.07, 6.45) is 4.39. The highest BCUT2D eigenvalue weighted by molar-refractivity contribution is 5.89. The Balaban J connectivity index is 1.67. The van der Waals surface area contributed by atoms with Crippen LogP contribution >= 0.6 is 0 Å². The number of nitrogens with zero attached hydrogens (tertiary/aromatic N) is 2. The molecule has 0 saturated heterocycles. The van der Waals surface area contributed by atoms with Crippen LogP contribution in [0.3, 0.4) is 0 Å². The van der Waals surface area contributed by atoms with Gasteiger partial charge in [-0.2, -0.15) is 0 Å². The third-order valence-corrected chi connectivity index (χ3v) is 4.91. The number of methoxy groups -OCH3 is 1. The second-order valence-corrected chi connectivity index (χ2v) is 6.78. The molecule has 1 N–H and O–H groups in total. The van der Waals surface area contributed by atoms with Crippen molar-refractivity contribution in [1.29, 1.82) is 0 Å². The molecule has 28 heavy (non-hydrogen) atoms. The van der Waals surface area contributed by atoms with E-state index in [9.17, 15) is 4.79 Å². The Labute approximate surface area is 164 Å². The van der Waals surface area contributed by atoms with Crippen molar-refractivity contribution in [1.82, 2.24) is 5.32 Å². The summed E-state index contributed by atoms with van der Waals surface area (Å²) in [7, 11) is 1.40. The number of amides is 1. The summed E-state index contributed by atoms with van der Waals surface area (Å²) in [5, 5.41) is 3.24. The lowest BCUT2D eigenvalue weighted by molar-refractivity contribution is 0.178. The zero-order chi connectivity index (χ0) is 19.3. The molecule has 0 bridgehead atoms. The van der Waals surface area contributed by atoms with Crippen LogP contribution in [0.15, 0.2) is 59.6 Å². The predicted octanol–water partition coefficient (Wildman–Crippen LogP) is 3.63. The number of benzene rings is 2. The van der Waals surface area contributed by atoms with Crippen LogP contribution in [0.2, 0.25) is 0 Å². The Bertz CT molecular complexity index is 900. The first-order valence-corrected chi connectivity index (χ1v) is 9.36. The summed E-state index contributed by atoms with van der Waals surface area (Å²) < 4.78 is 10.9. The van der Waals surface area contributed by atoms with Crippen LogP contribution < -0.4 is 15.0 Å². The van der Waals surface area contributed by atoms with Gasteiger partial charge in [0.25, 0.3) is 0 Å². The molecule has 2 aliphatic heterocycles. The van der Waals surface area contributed by atoms with Gasteiger partial charge in [0.1, 0.15) is 5.75 Å². The Morgan fingerprint density at radius 3 is 2.93 bits per heavy atom. The lowest BCUT2D eigenvalue weighted by Crippen LogP contribution is -2.30. The number of fused-ring (bicyclic) bond motifs is 1. The van der Waals surface area contributed by atoms with E-state index in [1.165, 1.54) is 12.7 Å². The van der Waals surface area contributed by atoms with Crippen molar-refractivity contribution < 1.29 is 14.3 Å². The van der Waals surface area contributed by atoms with E-state index in [-0.39, 0.29) is 6.04 Å². The highest BCUT2D eigenvalue weighted by atomic mass is 16.5. The van der Waals surface area contributed by atoms with Crippen LogP contribution in [-0.4, -0.2) is 38.7 Å². The fourth-order valence-electron chi connectivity index (χ4n) is 3.49. The molecule has 2 aromatic rings. The third-order valence-electron chi connectivity index (χ3n) is 4.91. The summed E-state index contributed by atoms with van der Waals surface area (Å²) in [5.74, 6) is 0.838. The average molecular weight is 377 g/mol. The van der Waals surface area contributed by atoms with Gasteiger partial charge in [0.2, 0.25) is 0 Å². The van der Waals surface area contributed by atoms with Crippen molar-refractivity contribution in [2.75, 3.05) is 25.2 Å². The van der Waals surface area contributed by atoms with Gasteiger partial charge in [-0.1, -0.05) is 36.4 Å². The molecule has 4 rings (SSSR count). The summed E-state index contributed by atoms with van der Waals surface area (Å²) >= 11 is 0. The van der Waals surface area contributed by atoms with Gasteiger partial charge < -0.3 is 14.8 Å². The van der Waals surface area contributed by atoms with Gasteiger partial charge in [-0.25, -0.2) is 4.79 Å². The fraction of sp³-hybridized carbons (Fsp3) is 0.273. The maximum absolute atomic E-state index is 12.5. The summed E-state index contributed by atoms with van der Waals surface area (Å²) in [6, 6.07) is 15.9. The van der Waals surface area contributed by atoms with Crippen molar-refractivity contribution in [3.63, 3.8) is 0 Å². The van der Waals surface area contributed by atoms with Crippen molar-refractivity contribution in [3.05, 3.63) is 65.7 Å². The number of ether oxygens (including phenoxy) is 2. The molecule has 0 saturated carbocycles. The van der Waals surface area contributed by atoms with Crippen LogP contribution in [-0.2, 0) is 11.3 Å². The first-order valence-electron chi connectivity index (χ1n) is 9.36. The van der Waals surface area contributed by atoms with Gasteiger partial charge in [-0.3, -0.25) is 9.89 Å². The quantitative estimate of drug-likeness (QED) is 0.884. The molecule has 2 heterocycles. The number of carbonyl (C=O) groups excluding carboxylic acids is 1. The molecule has 6 nitrogen and oxygen atoms in total. The van der Waals surface area contributed by atoms with Crippen molar-refractivity contribution in [2.24, 2.45) is 4.99 Å². The van der Waals surface area contributed by atoms with E-state index >= 15 is 0 Å². The summed E-state index contributed by atoms with van der Waals surface area (Å²) in [4.78, 5) is 18.3. The zero-order valence-corrected chi connectivity index (χ0v) is 15.8. The lowest BCUT2D eigenvalue weighted by Gasteiger charge is -2.26. The van der Waals surface area contributed by atoms with Gasteiger partial charge in [0.15, 0.2) is 0 Å². The number of carbonyl (C=O) groups is 1. The molecule has 1 amide bonds. The van der Waals surface area contributed by atoms with E-state index < -0.39 is 6.09 Å². The Kier molecular flexibility index (Phi) is 5.28. The standard InChI is InChI=1S/C22H23N3O3/c1-27-22(26)25(14-16-5-3-2-4-6-16)19-7-8-21-20(12-19)17(9-10-28-21)11-18-13-23-15-24-18/h2-8,11-12,15,18H,9-10,13-14H2,1H3,(H,23,24)/b17-11+. The number of hydrogen-bond donors (Lipinski definition) is 1. The van der Waals surface area contributed by atoms with E-state index in [0.29, 0.717) is 13.2 Å². The third kappa shape index (κ3) is 3.86. The molecular formula is C22H23N3O3. The molecule has 0 spiro atoms. The molecule has 2 aromatic carbocycles. The summed E-state index contributed by atoms with van der Waals surface area (Å²) in [6.45, 7) is 1.82. The van der Waals surface area contributed by atoms with Gasteiger partial charge >= 0.3 is 6.09 Å². The molecule has 0 fully saturated rings. The monoisotopic (exact) mass is 377 g/mol. The van der Waals surface area contributed by atoms with Crippen LogP contribution in [0.4, 0.5) is 10.5 Å². The first kappa shape index (κ1) is 18.1. The predicted molar refractivity (Wildman–Crippen MR) is 110 cm³/mol. The van der Waals surface area contributed by atoms with Crippen molar-refractivity contribution >= 4 is 23.7 Å². The highest BCUT2D eigenvalue weighted by Crippen LogP contribution is 2.36. The van der Waals surface area contributed by atoms with E-state index in [2.05, 4.69) is 16.4 Å². The van der Waals surface area contributed by atoms with Gasteiger partial charge in [0.05, 0.1) is 39.2 Å². The van der Waals surface area contributed by atoms with Crippen LogP contribution in [0, 0.1) is 0 Å². The zero-order valence-electron chi connectivity index (χ0n) is 15.8. The minimum absolute atomic E-state index is 0.200. The SMILES string of the molecule is COC(=O)N(Cc1ccccc1)c1ccc2c(c1)/C(=C/C1CN=CN1)CCO2. The average Bonchev–Trinajstić information content (AvgIpc) is 3.25. The van der Waals surface area contributed by atoms with Crippen molar-refractivity contribution in [3.8, 4) is 5.75 Å². The molecule has 1 atom stereocenters. The molecule has 2 aliphatic rings. The van der Waals surface area contributed by atoms with Crippen LogP contribution in [0.1, 0.15) is 17.5 Å². The number of rotatable bonds is 4. The maximum atomic E-state index is 12.5. The number of anilines is 1. The van der Waals surface area contributed by atoms with E-state index in [1.54, 1.807) is 11.2 Å². The number of hydrogen-bond acceptors (Lipinski definition) is 5. The highest BCUT2D eigenvalue weighted by Gasteiger charge is 2.22. The first-order chi connectivity index (χ1) is 13.7. The second-order valence-electron chi connectivity index (χ2n) is 6.78. The fourth-order valence-corrected chi connectivity index (χ4v) is 3.49. The molecular weight excluding hydrogens is 354 g/mol. The van der Waals surface area contributed by atoms with Gasteiger partial charge in [-0.05, 0) is 29.3 Å². The van der Waals surface area contributed by atoms with Gasteiger partial charge in [0, 0.05) is 17.7 Å². The Morgan fingerprint density at radius 2 is 2.18 bits per heavy atom. The molecule has 6 heteroatoms. The van der Waals surface area contributed by atoms with E-state index in [4.69, 9.17) is 9.47 Å². The normalized spacial score (nSPS) is 18.9. The molecule has 0 aliphatic carbocycles. The Hall–Kier alpha value is -3.28. The van der Waals surface area contributed by atoms with E-state index in [1.807, 2.05) is 48.5 Å². The molecule has 0 aromatic heterocycles. The Morgan fingerprint density at radius 1 is 1.32 bits per heavy atom.